The van der Waals surface area contributed by atoms with Crippen LogP contribution in [0.4, 0.5) is 5.69 Å². The molecule has 0 aliphatic carbocycles. The first-order valence-electron chi connectivity index (χ1n) is 11.6. The van der Waals surface area contributed by atoms with Gasteiger partial charge in [-0.15, -0.1) is 0 Å². The lowest BCUT2D eigenvalue weighted by atomic mass is 9.97. The van der Waals surface area contributed by atoms with E-state index < -0.39 is 0 Å². The Kier molecular flexibility index (Phi) is 6.36. The average Bonchev–Trinajstić information content (AvgIpc) is 3.17. The van der Waals surface area contributed by atoms with E-state index in [-0.39, 0.29) is 6.61 Å². The predicted molar refractivity (Wildman–Crippen MR) is 137 cm³/mol. The van der Waals surface area contributed by atoms with E-state index in [1.54, 1.807) is 6.20 Å². The van der Waals surface area contributed by atoms with Gasteiger partial charge in [-0.25, -0.2) is 4.98 Å². The molecule has 0 amide bonds. The summed E-state index contributed by atoms with van der Waals surface area (Å²) >= 11 is 6.72. The van der Waals surface area contributed by atoms with Crippen LogP contribution in [-0.2, 0) is 13.5 Å². The van der Waals surface area contributed by atoms with E-state index >= 15 is 0 Å². The largest absolute Gasteiger partial charge is 0.396 e. The lowest BCUT2D eigenvalue weighted by molar-refractivity contribution is 0.288. The number of nitrogens with zero attached hydrogens (tertiary/aromatic N) is 3. The summed E-state index contributed by atoms with van der Waals surface area (Å²) in [7, 11) is 2.06. The molecule has 0 bridgehead atoms. The number of anilines is 1. The Bertz CT molecular complexity index is 1240. The number of halogens is 1. The van der Waals surface area contributed by atoms with Crippen LogP contribution in [0.15, 0.2) is 60.8 Å². The lowest BCUT2D eigenvalue weighted by Gasteiger charge is -2.29. The molecule has 170 valence electrons. The number of aliphatic hydroxyl groups excluding tert-OH is 1. The molecule has 2 N–H and O–H groups in total. The van der Waals surface area contributed by atoms with Crippen molar-refractivity contribution < 1.29 is 5.11 Å². The van der Waals surface area contributed by atoms with E-state index in [4.69, 9.17) is 16.7 Å². The van der Waals surface area contributed by atoms with Gasteiger partial charge in [0.2, 0.25) is 0 Å². The Morgan fingerprint density at radius 1 is 0.970 bits per heavy atom. The lowest BCUT2D eigenvalue weighted by Crippen LogP contribution is -2.43. The highest BCUT2D eigenvalue weighted by Crippen LogP contribution is 2.42. The second-order valence-corrected chi connectivity index (χ2v) is 8.99. The molecular weight excluding hydrogens is 432 g/mol. The Labute approximate surface area is 199 Å². The fourth-order valence-corrected chi connectivity index (χ4v) is 5.03. The average molecular weight is 461 g/mol. The van der Waals surface area contributed by atoms with Gasteiger partial charge in [0.15, 0.2) is 0 Å². The van der Waals surface area contributed by atoms with Crippen molar-refractivity contribution in [1.29, 1.82) is 0 Å². The van der Waals surface area contributed by atoms with Crippen LogP contribution in [0.1, 0.15) is 12.0 Å². The van der Waals surface area contributed by atoms with E-state index in [9.17, 15) is 0 Å². The Hall–Kier alpha value is -2.86. The van der Waals surface area contributed by atoms with Crippen molar-refractivity contribution in [2.75, 3.05) is 37.7 Å². The summed E-state index contributed by atoms with van der Waals surface area (Å²) in [4.78, 5) is 7.08. The van der Waals surface area contributed by atoms with Crippen LogP contribution in [-0.4, -0.2) is 47.4 Å². The fraction of sp³-hybridized carbons (Fsp3) is 0.296. The van der Waals surface area contributed by atoms with Crippen LogP contribution in [0, 0.1) is 0 Å². The van der Waals surface area contributed by atoms with Crippen LogP contribution in [0.3, 0.4) is 0 Å². The first kappa shape index (κ1) is 22.0. The second-order valence-electron chi connectivity index (χ2n) is 8.58. The van der Waals surface area contributed by atoms with Gasteiger partial charge in [-0.2, -0.15) is 0 Å². The molecule has 33 heavy (non-hydrogen) atoms. The third kappa shape index (κ3) is 4.24. The summed E-state index contributed by atoms with van der Waals surface area (Å²) in [6.45, 7) is 4.31. The summed E-state index contributed by atoms with van der Waals surface area (Å²) in [6, 6.07) is 19.3. The number of hydrogen-bond donors (Lipinski definition) is 2. The zero-order valence-electron chi connectivity index (χ0n) is 18.9. The van der Waals surface area contributed by atoms with E-state index in [2.05, 4.69) is 75.3 Å². The van der Waals surface area contributed by atoms with Crippen LogP contribution < -0.4 is 10.2 Å². The molecule has 0 radical (unpaired) electrons. The summed E-state index contributed by atoms with van der Waals surface area (Å²) in [5.74, 6) is 0. The maximum absolute atomic E-state index is 9.15. The van der Waals surface area contributed by atoms with Gasteiger partial charge in [-0.1, -0.05) is 48.0 Å². The number of piperazine rings is 1. The van der Waals surface area contributed by atoms with Gasteiger partial charge in [-0.05, 0) is 47.7 Å². The minimum atomic E-state index is 0.209. The maximum atomic E-state index is 9.15. The highest BCUT2D eigenvalue weighted by atomic mass is 35.5. The number of hydrogen-bond acceptors (Lipinski definition) is 4. The Morgan fingerprint density at radius 3 is 2.36 bits per heavy atom. The van der Waals surface area contributed by atoms with E-state index in [1.165, 1.54) is 11.3 Å². The first-order chi connectivity index (χ1) is 16.2. The highest BCUT2D eigenvalue weighted by molar-refractivity contribution is 6.37. The summed E-state index contributed by atoms with van der Waals surface area (Å²) in [6.07, 6.45) is 3.41. The van der Waals surface area contributed by atoms with Crippen LogP contribution in [0.25, 0.3) is 33.4 Å². The number of rotatable bonds is 6. The Balaban J connectivity index is 1.61. The van der Waals surface area contributed by atoms with Crippen molar-refractivity contribution in [3.8, 4) is 22.4 Å². The molecule has 0 spiro atoms. The first-order valence-corrected chi connectivity index (χ1v) is 11.9. The van der Waals surface area contributed by atoms with Crippen molar-refractivity contribution in [1.82, 2.24) is 14.9 Å². The monoisotopic (exact) mass is 460 g/mol. The van der Waals surface area contributed by atoms with Gasteiger partial charge in [0.1, 0.15) is 5.65 Å². The quantitative estimate of drug-likeness (QED) is 0.430. The topological polar surface area (TPSA) is 53.3 Å². The maximum Gasteiger partial charge on any atom is 0.142 e. The molecule has 1 aliphatic rings. The molecular formula is C27H29ClN4O. The number of pyridine rings is 1. The van der Waals surface area contributed by atoms with Crippen molar-refractivity contribution >= 4 is 28.3 Å². The molecule has 0 unspecified atom stereocenters. The summed E-state index contributed by atoms with van der Waals surface area (Å²) in [5, 5.41) is 14.2. The fourth-order valence-electron chi connectivity index (χ4n) is 4.80. The molecule has 0 atom stereocenters. The zero-order chi connectivity index (χ0) is 22.8. The smallest absolute Gasteiger partial charge is 0.142 e. The van der Waals surface area contributed by atoms with Crippen LogP contribution >= 0.6 is 11.6 Å². The van der Waals surface area contributed by atoms with Crippen molar-refractivity contribution in [2.45, 2.75) is 12.8 Å². The molecule has 3 heterocycles. The van der Waals surface area contributed by atoms with Crippen LogP contribution in [0.5, 0.6) is 0 Å². The van der Waals surface area contributed by atoms with Gasteiger partial charge < -0.3 is 19.9 Å². The van der Waals surface area contributed by atoms with Gasteiger partial charge in [0.05, 0.1) is 10.7 Å². The SMILES string of the molecule is Cn1c(-c2ccc(N3CCNCC3)cc2)c(-c2ccc(CCCO)cc2)c2c(Cl)ccnc21. The van der Waals surface area contributed by atoms with Crippen LogP contribution in [0.2, 0.25) is 5.02 Å². The van der Waals surface area contributed by atoms with Gasteiger partial charge in [-0.3, -0.25) is 0 Å². The minimum Gasteiger partial charge on any atom is -0.396 e. The molecule has 2 aromatic carbocycles. The number of nitrogens with one attached hydrogen (secondary N) is 1. The molecule has 0 saturated carbocycles. The summed E-state index contributed by atoms with van der Waals surface area (Å²) < 4.78 is 2.15. The molecule has 4 aromatic rings. The van der Waals surface area contributed by atoms with Gasteiger partial charge in [0.25, 0.3) is 0 Å². The number of benzene rings is 2. The Morgan fingerprint density at radius 2 is 1.67 bits per heavy atom. The molecule has 5 rings (SSSR count). The van der Waals surface area contributed by atoms with Gasteiger partial charge in [0, 0.05) is 62.7 Å². The molecule has 1 saturated heterocycles. The third-order valence-corrected chi connectivity index (χ3v) is 6.82. The van der Waals surface area contributed by atoms with Crippen molar-refractivity contribution in [3.63, 3.8) is 0 Å². The van der Waals surface area contributed by atoms with E-state index in [1.807, 2.05) is 6.07 Å². The van der Waals surface area contributed by atoms with Crippen molar-refractivity contribution in [3.05, 3.63) is 71.4 Å². The molecule has 2 aromatic heterocycles. The normalized spacial score (nSPS) is 14.2. The summed E-state index contributed by atoms with van der Waals surface area (Å²) in [5.41, 5.74) is 7.83. The number of aryl methyl sites for hydroxylation is 2. The van der Waals surface area contributed by atoms with Crippen molar-refractivity contribution in [2.24, 2.45) is 7.05 Å². The third-order valence-electron chi connectivity index (χ3n) is 6.51. The predicted octanol–water partition coefficient (Wildman–Crippen LogP) is 4.90. The molecule has 1 aliphatic heterocycles. The molecule has 6 heteroatoms. The number of aromatic nitrogens is 2. The number of aliphatic hydroxyl groups is 1. The zero-order valence-corrected chi connectivity index (χ0v) is 19.6. The van der Waals surface area contributed by atoms with Gasteiger partial charge >= 0.3 is 0 Å². The number of fused-ring (bicyclic) bond motifs is 1. The second kappa shape index (κ2) is 9.56. The highest BCUT2D eigenvalue weighted by Gasteiger charge is 2.21. The van der Waals surface area contributed by atoms with E-state index in [0.29, 0.717) is 5.02 Å². The van der Waals surface area contributed by atoms with E-state index in [0.717, 1.165) is 72.4 Å². The molecule has 1 fully saturated rings. The standard InChI is InChI=1S/C27H29ClN4O/c1-31-26(21-8-10-22(11-9-21)32-16-14-29-15-17-32)24(25-23(28)12-13-30-27(25)31)20-6-4-19(5-7-20)3-2-18-33/h4-13,29,33H,2-3,14-18H2,1H3. The molecule has 5 nitrogen and oxygen atoms in total. The minimum absolute atomic E-state index is 0.209.